The van der Waals surface area contributed by atoms with Crippen LogP contribution in [0.15, 0.2) is 72.5 Å². The highest BCUT2D eigenvalue weighted by Crippen LogP contribution is 2.36. The Kier molecular flexibility index (Phi) is 7.20. The molecule has 0 saturated heterocycles. The number of nitrogens with one attached hydrogen (secondary N) is 1. The van der Waals surface area contributed by atoms with Crippen molar-refractivity contribution < 1.29 is 38.4 Å². The Morgan fingerprint density at radius 2 is 1.75 bits per heavy atom. The highest BCUT2D eigenvalue weighted by Gasteiger charge is 2.28. The molecule has 0 aromatic heterocycles. The zero-order chi connectivity index (χ0) is 25.7. The van der Waals surface area contributed by atoms with Crippen LogP contribution in [-0.2, 0) is 9.59 Å². The lowest BCUT2D eigenvalue weighted by Crippen LogP contribution is -2.36. The molecule has 0 fully saturated rings. The van der Waals surface area contributed by atoms with E-state index in [1.54, 1.807) is 67.8 Å². The summed E-state index contributed by atoms with van der Waals surface area (Å²) in [5.74, 6) is -0.312. The van der Waals surface area contributed by atoms with Crippen molar-refractivity contribution in [3.63, 3.8) is 0 Å². The quantitative estimate of drug-likeness (QED) is 0.437. The van der Waals surface area contributed by atoms with Crippen LogP contribution in [0.1, 0.15) is 27.5 Å². The highest BCUT2D eigenvalue weighted by molar-refractivity contribution is 6.14. The number of benzene rings is 3. The first-order chi connectivity index (χ1) is 17.4. The largest absolute Gasteiger partial charge is 0.497 e. The monoisotopic (exact) mass is 489 g/mol. The number of carboxylic acid groups (broad SMARTS) is 1. The van der Waals surface area contributed by atoms with Gasteiger partial charge in [0.05, 0.1) is 19.8 Å². The van der Waals surface area contributed by atoms with E-state index >= 15 is 0 Å². The molecule has 1 aliphatic rings. The molecule has 1 aliphatic heterocycles. The summed E-state index contributed by atoms with van der Waals surface area (Å²) in [6.45, 7) is -0.422. The van der Waals surface area contributed by atoms with Gasteiger partial charge in [-0.25, -0.2) is 4.79 Å². The Labute approximate surface area is 206 Å². The van der Waals surface area contributed by atoms with Crippen LogP contribution in [0.2, 0.25) is 0 Å². The summed E-state index contributed by atoms with van der Waals surface area (Å²) in [4.78, 5) is 36.7. The summed E-state index contributed by atoms with van der Waals surface area (Å²) in [7, 11) is 3.06. The van der Waals surface area contributed by atoms with Crippen LogP contribution in [0, 0.1) is 0 Å². The number of amides is 1. The maximum absolute atomic E-state index is 12.8. The van der Waals surface area contributed by atoms with E-state index in [2.05, 4.69) is 5.32 Å². The van der Waals surface area contributed by atoms with Crippen LogP contribution in [0.5, 0.6) is 23.0 Å². The molecule has 0 aliphatic carbocycles. The lowest BCUT2D eigenvalue weighted by Gasteiger charge is -2.15. The lowest BCUT2D eigenvalue weighted by molar-refractivity contribution is -0.142. The van der Waals surface area contributed by atoms with E-state index in [1.165, 1.54) is 19.2 Å². The maximum atomic E-state index is 12.8. The minimum absolute atomic E-state index is 0.107. The van der Waals surface area contributed by atoms with Gasteiger partial charge in [0.25, 0.3) is 5.91 Å². The van der Waals surface area contributed by atoms with Gasteiger partial charge < -0.3 is 29.4 Å². The number of Topliss-reactive ketones (excluding diaryl/α,β-unsaturated/α-hetero) is 1. The summed E-state index contributed by atoms with van der Waals surface area (Å²) in [5, 5.41) is 11.9. The van der Waals surface area contributed by atoms with Crippen LogP contribution in [0.25, 0.3) is 6.08 Å². The van der Waals surface area contributed by atoms with Crippen molar-refractivity contribution in [3.8, 4) is 23.0 Å². The Morgan fingerprint density at radius 3 is 2.44 bits per heavy atom. The lowest BCUT2D eigenvalue weighted by atomic mass is 10.1. The summed E-state index contributed by atoms with van der Waals surface area (Å²) >= 11 is 0. The summed E-state index contributed by atoms with van der Waals surface area (Å²) in [6.07, 6.45) is 1.57. The SMILES string of the molecule is COc1ccc(C=C2Oc3cc(OCC(=O)N[C@@H](C(=O)O)c4ccccc4)ccc3C2=O)c(OC)c1. The number of aliphatic carboxylic acids is 1. The van der Waals surface area contributed by atoms with Crippen molar-refractivity contribution in [1.82, 2.24) is 5.32 Å². The first-order valence-corrected chi connectivity index (χ1v) is 10.9. The zero-order valence-electron chi connectivity index (χ0n) is 19.5. The van der Waals surface area contributed by atoms with Gasteiger partial charge in [0.1, 0.15) is 23.0 Å². The van der Waals surface area contributed by atoms with Gasteiger partial charge in [-0.15, -0.1) is 0 Å². The van der Waals surface area contributed by atoms with Crippen LogP contribution in [-0.4, -0.2) is 43.6 Å². The Morgan fingerprint density at radius 1 is 1.00 bits per heavy atom. The summed E-state index contributed by atoms with van der Waals surface area (Å²) in [6, 6.07) is 16.9. The molecular weight excluding hydrogens is 466 g/mol. The van der Waals surface area contributed by atoms with Crippen LogP contribution < -0.4 is 24.3 Å². The molecule has 1 amide bonds. The van der Waals surface area contributed by atoms with E-state index in [0.29, 0.717) is 28.2 Å². The molecule has 9 heteroatoms. The molecule has 0 saturated carbocycles. The third-order valence-electron chi connectivity index (χ3n) is 5.42. The third kappa shape index (κ3) is 5.30. The van der Waals surface area contributed by atoms with Crippen molar-refractivity contribution >= 4 is 23.7 Å². The molecule has 2 N–H and O–H groups in total. The summed E-state index contributed by atoms with van der Waals surface area (Å²) in [5.41, 5.74) is 1.42. The number of carboxylic acids is 1. The number of hydrogen-bond acceptors (Lipinski definition) is 7. The molecule has 1 heterocycles. The molecule has 0 spiro atoms. The first-order valence-electron chi connectivity index (χ1n) is 10.9. The fourth-order valence-electron chi connectivity index (χ4n) is 3.62. The zero-order valence-corrected chi connectivity index (χ0v) is 19.5. The second kappa shape index (κ2) is 10.6. The van der Waals surface area contributed by atoms with Crippen molar-refractivity contribution in [3.05, 3.63) is 89.2 Å². The highest BCUT2D eigenvalue weighted by atomic mass is 16.5. The molecule has 0 unspecified atom stereocenters. The van der Waals surface area contributed by atoms with E-state index in [1.807, 2.05) is 0 Å². The van der Waals surface area contributed by atoms with E-state index in [0.717, 1.165) is 0 Å². The van der Waals surface area contributed by atoms with E-state index < -0.39 is 24.5 Å². The van der Waals surface area contributed by atoms with Crippen molar-refractivity contribution in [2.75, 3.05) is 20.8 Å². The number of methoxy groups -OCH3 is 2. The molecule has 0 radical (unpaired) electrons. The van der Waals surface area contributed by atoms with Gasteiger partial charge in [0, 0.05) is 17.7 Å². The number of ketones is 1. The van der Waals surface area contributed by atoms with Crippen molar-refractivity contribution in [2.45, 2.75) is 6.04 Å². The van der Waals surface area contributed by atoms with E-state index in [4.69, 9.17) is 18.9 Å². The van der Waals surface area contributed by atoms with Gasteiger partial charge in [-0.3, -0.25) is 9.59 Å². The molecule has 36 heavy (non-hydrogen) atoms. The van der Waals surface area contributed by atoms with Gasteiger partial charge in [0.15, 0.2) is 18.4 Å². The predicted octanol–water partition coefficient (Wildman–Crippen LogP) is 3.64. The Hall–Kier alpha value is -4.79. The molecule has 1 atom stereocenters. The minimum atomic E-state index is -1.20. The van der Waals surface area contributed by atoms with Crippen LogP contribution in [0.4, 0.5) is 0 Å². The van der Waals surface area contributed by atoms with Crippen molar-refractivity contribution in [1.29, 1.82) is 0 Å². The number of carbonyl (C=O) groups is 3. The number of ether oxygens (including phenoxy) is 4. The number of fused-ring (bicyclic) bond motifs is 1. The van der Waals surface area contributed by atoms with Crippen LogP contribution >= 0.6 is 0 Å². The normalized spacial score (nSPS) is 13.9. The fraction of sp³-hybridized carbons (Fsp3) is 0.148. The molecule has 4 rings (SSSR count). The second-order valence-corrected chi connectivity index (χ2v) is 7.74. The number of rotatable bonds is 9. The molecular formula is C27H23NO8. The van der Waals surface area contributed by atoms with Crippen LogP contribution in [0.3, 0.4) is 0 Å². The smallest absolute Gasteiger partial charge is 0.330 e. The second-order valence-electron chi connectivity index (χ2n) is 7.74. The van der Waals surface area contributed by atoms with Gasteiger partial charge >= 0.3 is 5.97 Å². The Bertz CT molecular complexity index is 1330. The molecule has 3 aromatic carbocycles. The predicted molar refractivity (Wildman–Crippen MR) is 129 cm³/mol. The van der Waals surface area contributed by atoms with Gasteiger partial charge in [-0.1, -0.05) is 30.3 Å². The van der Waals surface area contributed by atoms with E-state index in [-0.39, 0.29) is 23.0 Å². The number of carbonyl (C=O) groups excluding carboxylic acids is 2. The minimum Gasteiger partial charge on any atom is -0.497 e. The molecule has 3 aromatic rings. The average molecular weight is 489 g/mol. The van der Waals surface area contributed by atoms with Gasteiger partial charge in [-0.2, -0.15) is 0 Å². The Balaban J connectivity index is 1.43. The molecule has 9 nitrogen and oxygen atoms in total. The van der Waals surface area contributed by atoms with E-state index in [9.17, 15) is 19.5 Å². The summed E-state index contributed by atoms with van der Waals surface area (Å²) < 4.78 is 21.8. The standard InChI is InChI=1S/C27H23NO8/c1-33-18-9-8-17(21(13-18)34-2)12-23-26(30)20-11-10-19(14-22(20)36-23)35-15-24(29)28-25(27(31)32)16-6-4-3-5-7-16/h3-14,25H,15H2,1-2H3,(H,28,29)(H,31,32)/t25-/m1/s1. The first kappa shape index (κ1) is 24.3. The van der Waals surface area contributed by atoms with Crippen molar-refractivity contribution in [2.24, 2.45) is 0 Å². The topological polar surface area (TPSA) is 120 Å². The fourth-order valence-corrected chi connectivity index (χ4v) is 3.62. The molecule has 184 valence electrons. The average Bonchev–Trinajstić information content (AvgIpc) is 3.20. The number of hydrogen-bond donors (Lipinski definition) is 2. The molecule has 0 bridgehead atoms. The van der Waals surface area contributed by atoms with Gasteiger partial charge in [-0.05, 0) is 35.9 Å². The van der Waals surface area contributed by atoms with Gasteiger partial charge in [0.2, 0.25) is 5.78 Å². The third-order valence-corrected chi connectivity index (χ3v) is 5.42. The number of allylic oxidation sites excluding steroid dienone is 1. The maximum Gasteiger partial charge on any atom is 0.330 e.